The predicted octanol–water partition coefficient (Wildman–Crippen LogP) is 0.914. The quantitative estimate of drug-likeness (QED) is 0.765. The highest BCUT2D eigenvalue weighted by molar-refractivity contribution is 7.00. The molecule has 0 bridgehead atoms. The molecule has 4 rings (SSSR count). The fourth-order valence-corrected chi connectivity index (χ4v) is 3.87. The van der Waals surface area contributed by atoms with Crippen molar-refractivity contribution in [2.45, 2.75) is 31.8 Å². The first kappa shape index (κ1) is 18.3. The number of nitrogens with zero attached hydrogens (tertiary/aromatic N) is 4. The minimum Gasteiger partial charge on any atom is -0.352 e. The van der Waals surface area contributed by atoms with E-state index in [4.69, 9.17) is 0 Å². The van der Waals surface area contributed by atoms with Crippen molar-refractivity contribution in [1.82, 2.24) is 23.9 Å². The van der Waals surface area contributed by atoms with Crippen LogP contribution < -0.4 is 10.6 Å². The number of carbonyl (C=O) groups is 2. The van der Waals surface area contributed by atoms with E-state index in [-0.39, 0.29) is 17.9 Å². The van der Waals surface area contributed by atoms with Gasteiger partial charge in [-0.1, -0.05) is 6.07 Å². The van der Waals surface area contributed by atoms with Crippen LogP contribution in [0.2, 0.25) is 0 Å². The van der Waals surface area contributed by atoms with Gasteiger partial charge in [-0.3, -0.25) is 19.4 Å². The van der Waals surface area contributed by atoms with Gasteiger partial charge in [-0.15, -0.1) is 0 Å². The lowest BCUT2D eigenvalue weighted by Crippen LogP contribution is -2.55. The molecular formula is C18H24N6O2S. The number of piperazine rings is 1. The summed E-state index contributed by atoms with van der Waals surface area (Å²) in [7, 11) is 0. The lowest BCUT2D eigenvalue weighted by molar-refractivity contribution is -0.127. The number of amides is 2. The molecule has 2 fully saturated rings. The first-order valence-electron chi connectivity index (χ1n) is 9.38. The van der Waals surface area contributed by atoms with Crippen molar-refractivity contribution in [2.75, 3.05) is 38.0 Å². The summed E-state index contributed by atoms with van der Waals surface area (Å²) >= 11 is 1.14. The van der Waals surface area contributed by atoms with E-state index in [1.165, 1.54) is 0 Å². The van der Waals surface area contributed by atoms with Crippen molar-refractivity contribution in [1.29, 1.82) is 0 Å². The zero-order valence-electron chi connectivity index (χ0n) is 15.4. The third-order valence-corrected chi connectivity index (χ3v) is 5.73. The maximum absolute atomic E-state index is 12.4. The molecule has 0 radical (unpaired) electrons. The Morgan fingerprint density at radius 2 is 2.00 bits per heavy atom. The highest BCUT2D eigenvalue weighted by atomic mass is 32.1. The second-order valence-corrected chi connectivity index (χ2v) is 7.79. The van der Waals surface area contributed by atoms with E-state index < -0.39 is 0 Å². The van der Waals surface area contributed by atoms with Crippen molar-refractivity contribution in [2.24, 2.45) is 0 Å². The molecular weight excluding hydrogens is 364 g/mol. The van der Waals surface area contributed by atoms with E-state index in [2.05, 4.69) is 29.2 Å². The van der Waals surface area contributed by atoms with Gasteiger partial charge in [0.05, 0.1) is 30.0 Å². The first-order valence-corrected chi connectivity index (χ1v) is 10.1. The molecule has 1 saturated heterocycles. The zero-order chi connectivity index (χ0) is 18.8. The second kappa shape index (κ2) is 7.87. The van der Waals surface area contributed by atoms with E-state index in [1.54, 1.807) is 0 Å². The Morgan fingerprint density at radius 3 is 2.74 bits per heavy atom. The standard InChI is InChI=1S/C18H24N6O2S/c1-12(18(26)19-13-5-6-13)24-9-7-23(8-10-24)11-16(25)20-14-3-2-4-15-17(14)22-27-21-15/h2-4,12-13H,5-11H2,1H3,(H,19,26)(H,20,25). The number of hydrogen-bond acceptors (Lipinski definition) is 7. The molecule has 1 aromatic heterocycles. The number of anilines is 1. The van der Waals surface area contributed by atoms with E-state index in [0.717, 1.165) is 61.8 Å². The molecule has 1 aromatic carbocycles. The van der Waals surface area contributed by atoms with Gasteiger partial charge in [-0.25, -0.2) is 0 Å². The van der Waals surface area contributed by atoms with Crippen LogP contribution in [0.1, 0.15) is 19.8 Å². The zero-order valence-corrected chi connectivity index (χ0v) is 16.2. The van der Waals surface area contributed by atoms with Crippen molar-refractivity contribution >= 4 is 40.3 Å². The van der Waals surface area contributed by atoms with Crippen LogP contribution in [0.5, 0.6) is 0 Å². The molecule has 2 heterocycles. The van der Waals surface area contributed by atoms with Crippen LogP contribution in [0, 0.1) is 0 Å². The van der Waals surface area contributed by atoms with Crippen molar-refractivity contribution < 1.29 is 9.59 Å². The Morgan fingerprint density at radius 1 is 1.22 bits per heavy atom. The Balaban J connectivity index is 1.25. The van der Waals surface area contributed by atoms with Gasteiger partial charge < -0.3 is 10.6 Å². The molecule has 2 aliphatic rings. The molecule has 1 unspecified atom stereocenters. The summed E-state index contributed by atoms with van der Waals surface area (Å²) in [5.74, 6) is 0.0668. The number of rotatable bonds is 6. The molecule has 2 N–H and O–H groups in total. The van der Waals surface area contributed by atoms with Gasteiger partial charge in [0, 0.05) is 32.2 Å². The van der Waals surface area contributed by atoms with Gasteiger partial charge in [-0.2, -0.15) is 8.75 Å². The molecule has 0 spiro atoms. The molecule has 1 aliphatic carbocycles. The van der Waals surface area contributed by atoms with Crippen LogP contribution in [-0.2, 0) is 9.59 Å². The van der Waals surface area contributed by atoms with Crippen LogP contribution in [0.15, 0.2) is 18.2 Å². The normalized spacial score (nSPS) is 19.7. The number of hydrogen-bond donors (Lipinski definition) is 2. The van der Waals surface area contributed by atoms with Gasteiger partial charge in [0.2, 0.25) is 11.8 Å². The molecule has 2 amide bonds. The number of carbonyl (C=O) groups excluding carboxylic acids is 2. The third kappa shape index (κ3) is 4.42. The summed E-state index contributed by atoms with van der Waals surface area (Å²) in [6.07, 6.45) is 2.21. The van der Waals surface area contributed by atoms with Crippen LogP contribution in [0.25, 0.3) is 11.0 Å². The monoisotopic (exact) mass is 388 g/mol. The molecule has 27 heavy (non-hydrogen) atoms. The fraction of sp³-hybridized carbons (Fsp3) is 0.556. The highest BCUT2D eigenvalue weighted by Gasteiger charge is 2.30. The van der Waals surface area contributed by atoms with Gasteiger partial charge in [0.25, 0.3) is 0 Å². The fourth-order valence-electron chi connectivity index (χ4n) is 3.32. The molecule has 9 heteroatoms. The minimum absolute atomic E-state index is 0.0523. The summed E-state index contributed by atoms with van der Waals surface area (Å²) in [6, 6.07) is 5.87. The summed E-state index contributed by atoms with van der Waals surface area (Å²) in [5, 5.41) is 6.01. The molecule has 1 saturated carbocycles. The van der Waals surface area contributed by atoms with Crippen molar-refractivity contribution in [3.05, 3.63) is 18.2 Å². The Bertz CT molecular complexity index is 828. The molecule has 8 nitrogen and oxygen atoms in total. The van der Waals surface area contributed by atoms with Crippen molar-refractivity contribution in [3.63, 3.8) is 0 Å². The number of nitrogens with one attached hydrogen (secondary N) is 2. The van der Waals surface area contributed by atoms with Crippen LogP contribution in [0.4, 0.5) is 5.69 Å². The summed E-state index contributed by atoms with van der Waals surface area (Å²) in [6.45, 7) is 5.43. The number of aromatic nitrogens is 2. The topological polar surface area (TPSA) is 90.5 Å². The molecule has 1 aliphatic heterocycles. The predicted molar refractivity (Wildman–Crippen MR) is 105 cm³/mol. The second-order valence-electron chi connectivity index (χ2n) is 7.26. The summed E-state index contributed by atoms with van der Waals surface area (Å²) < 4.78 is 8.44. The number of fused-ring (bicyclic) bond motifs is 1. The largest absolute Gasteiger partial charge is 0.352 e. The van der Waals surface area contributed by atoms with Gasteiger partial charge in [0.15, 0.2) is 0 Å². The van der Waals surface area contributed by atoms with Gasteiger partial charge in [0.1, 0.15) is 11.0 Å². The average molecular weight is 388 g/mol. The summed E-state index contributed by atoms with van der Waals surface area (Å²) in [4.78, 5) is 28.9. The van der Waals surface area contributed by atoms with Gasteiger partial charge in [-0.05, 0) is 31.9 Å². The Hall–Kier alpha value is -2.10. The average Bonchev–Trinajstić information content (AvgIpc) is 3.34. The van der Waals surface area contributed by atoms with E-state index >= 15 is 0 Å². The maximum Gasteiger partial charge on any atom is 0.238 e. The SMILES string of the molecule is CC(C(=O)NC1CC1)N1CCN(CC(=O)Nc2cccc3nsnc23)CC1. The molecule has 1 atom stereocenters. The van der Waals surface area contributed by atoms with Crippen LogP contribution in [0.3, 0.4) is 0 Å². The van der Waals surface area contributed by atoms with Crippen molar-refractivity contribution in [3.8, 4) is 0 Å². The van der Waals surface area contributed by atoms with Crippen LogP contribution >= 0.6 is 11.7 Å². The van der Waals surface area contributed by atoms with E-state index in [0.29, 0.717) is 18.3 Å². The van der Waals surface area contributed by atoms with E-state index in [1.807, 2.05) is 25.1 Å². The Kier molecular flexibility index (Phi) is 5.33. The highest BCUT2D eigenvalue weighted by Crippen LogP contribution is 2.21. The minimum atomic E-state index is -0.114. The molecule has 144 valence electrons. The first-order chi connectivity index (χ1) is 13.1. The van der Waals surface area contributed by atoms with Gasteiger partial charge >= 0.3 is 0 Å². The molecule has 2 aromatic rings. The number of benzene rings is 1. The van der Waals surface area contributed by atoms with E-state index in [9.17, 15) is 9.59 Å². The lowest BCUT2D eigenvalue weighted by Gasteiger charge is -2.37. The van der Waals surface area contributed by atoms with Crippen LogP contribution in [-0.4, -0.2) is 75.2 Å². The Labute approximate surface area is 162 Å². The smallest absolute Gasteiger partial charge is 0.238 e. The third-order valence-electron chi connectivity index (χ3n) is 5.19. The summed E-state index contributed by atoms with van der Waals surface area (Å²) in [5.41, 5.74) is 2.23. The lowest BCUT2D eigenvalue weighted by atomic mass is 10.2. The maximum atomic E-state index is 12.4.